The Labute approximate surface area is 149 Å². The van der Waals surface area contributed by atoms with Crippen LogP contribution in [0.1, 0.15) is 23.2 Å². The fourth-order valence-electron chi connectivity index (χ4n) is 3.10. The first-order valence-corrected chi connectivity index (χ1v) is 8.32. The lowest BCUT2D eigenvalue weighted by Crippen LogP contribution is -2.36. The molecular weight excluding hydrogens is 347 g/mol. The number of nitrogens with zero attached hydrogens (tertiary/aromatic N) is 2. The smallest absolute Gasteiger partial charge is 0.272 e. The monoisotopic (exact) mass is 362 g/mol. The maximum Gasteiger partial charge on any atom is 0.272 e. The van der Waals surface area contributed by atoms with Gasteiger partial charge in [0.25, 0.3) is 5.69 Å². The minimum atomic E-state index is -0.621. The summed E-state index contributed by atoms with van der Waals surface area (Å²) in [5.74, 6) is -0.657. The zero-order valence-electron chi connectivity index (χ0n) is 13.3. The molecule has 0 aliphatic carbocycles. The molecule has 1 aliphatic heterocycles. The van der Waals surface area contributed by atoms with Crippen molar-refractivity contribution < 1.29 is 14.1 Å². The molecule has 2 aromatic rings. The molecule has 5 nitrogen and oxygen atoms in total. The molecular formula is C18H16ClFN2O3. The normalized spacial score (nSPS) is 15.2. The number of hydrogen-bond acceptors (Lipinski definition) is 4. The number of hydrogen-bond donors (Lipinski definition) is 0. The van der Waals surface area contributed by atoms with Gasteiger partial charge in [0.05, 0.1) is 16.7 Å². The van der Waals surface area contributed by atoms with Gasteiger partial charge in [0.15, 0.2) is 11.6 Å². The Kier molecular flexibility index (Phi) is 4.99. The van der Waals surface area contributed by atoms with Crippen LogP contribution in [0.25, 0.3) is 0 Å². The zero-order chi connectivity index (χ0) is 18.0. The van der Waals surface area contributed by atoms with E-state index >= 15 is 0 Å². The first kappa shape index (κ1) is 17.4. The van der Waals surface area contributed by atoms with Crippen LogP contribution in [-0.4, -0.2) is 23.8 Å². The number of carbonyl (C=O) groups excluding carboxylic acids is 1. The van der Waals surface area contributed by atoms with Gasteiger partial charge in [-0.25, -0.2) is 4.39 Å². The van der Waals surface area contributed by atoms with Crippen LogP contribution in [0.2, 0.25) is 5.02 Å². The highest BCUT2D eigenvalue weighted by Crippen LogP contribution is 2.29. The SMILES string of the molecule is O=C(c1ccc(Cl)cc1)C1CCN(c2ccc([N+](=O)[O-])cc2F)CC1. The van der Waals surface area contributed by atoms with Gasteiger partial charge in [0.1, 0.15) is 0 Å². The number of rotatable bonds is 4. The second-order valence-electron chi connectivity index (χ2n) is 6.03. The summed E-state index contributed by atoms with van der Waals surface area (Å²) in [6.45, 7) is 1.05. The number of Topliss-reactive ketones (excluding diaryl/α,β-unsaturated/α-hetero) is 1. The molecule has 2 aromatic carbocycles. The molecule has 0 radical (unpaired) electrons. The van der Waals surface area contributed by atoms with E-state index in [1.165, 1.54) is 12.1 Å². The van der Waals surface area contributed by atoms with Crippen molar-refractivity contribution in [3.63, 3.8) is 0 Å². The van der Waals surface area contributed by atoms with E-state index in [1.54, 1.807) is 24.3 Å². The first-order valence-electron chi connectivity index (χ1n) is 7.94. The number of piperidine rings is 1. The second kappa shape index (κ2) is 7.19. The van der Waals surface area contributed by atoms with Crippen molar-refractivity contribution in [2.75, 3.05) is 18.0 Å². The summed E-state index contributed by atoms with van der Waals surface area (Å²) in [4.78, 5) is 24.4. The molecule has 1 heterocycles. The standard InChI is InChI=1S/C18H16ClFN2O3/c19-14-3-1-12(2-4-14)18(23)13-7-9-21(10-8-13)17-6-5-15(22(24)25)11-16(17)20/h1-6,11,13H,7-10H2. The van der Waals surface area contributed by atoms with E-state index < -0.39 is 10.7 Å². The molecule has 1 aliphatic rings. The van der Waals surface area contributed by atoms with Crippen LogP contribution >= 0.6 is 11.6 Å². The molecule has 7 heteroatoms. The van der Waals surface area contributed by atoms with Gasteiger partial charge in [-0.1, -0.05) is 11.6 Å². The molecule has 0 atom stereocenters. The summed E-state index contributed by atoms with van der Waals surface area (Å²) in [5.41, 5.74) is 0.696. The number of benzene rings is 2. The van der Waals surface area contributed by atoms with Crippen LogP contribution in [-0.2, 0) is 0 Å². The van der Waals surface area contributed by atoms with Crippen molar-refractivity contribution in [2.24, 2.45) is 5.92 Å². The van der Waals surface area contributed by atoms with Gasteiger partial charge < -0.3 is 4.90 Å². The third-order valence-electron chi connectivity index (χ3n) is 4.48. The van der Waals surface area contributed by atoms with Gasteiger partial charge in [-0.2, -0.15) is 0 Å². The van der Waals surface area contributed by atoms with Gasteiger partial charge in [0, 0.05) is 35.7 Å². The van der Waals surface area contributed by atoms with E-state index in [0.29, 0.717) is 42.2 Å². The summed E-state index contributed by atoms with van der Waals surface area (Å²) in [5, 5.41) is 11.3. The van der Waals surface area contributed by atoms with Gasteiger partial charge in [0.2, 0.25) is 0 Å². The number of anilines is 1. The van der Waals surface area contributed by atoms with Crippen molar-refractivity contribution >= 4 is 28.8 Å². The Balaban J connectivity index is 1.66. The highest BCUT2D eigenvalue weighted by molar-refractivity contribution is 6.30. The molecule has 130 valence electrons. The van der Waals surface area contributed by atoms with Gasteiger partial charge in [-0.3, -0.25) is 14.9 Å². The van der Waals surface area contributed by atoms with E-state index in [2.05, 4.69) is 0 Å². The van der Waals surface area contributed by atoms with E-state index in [9.17, 15) is 19.3 Å². The minimum absolute atomic E-state index is 0.0699. The quantitative estimate of drug-likeness (QED) is 0.457. The lowest BCUT2D eigenvalue weighted by Gasteiger charge is -2.33. The summed E-state index contributed by atoms with van der Waals surface area (Å²) in [6, 6.07) is 10.5. The third kappa shape index (κ3) is 3.79. The van der Waals surface area contributed by atoms with E-state index in [-0.39, 0.29) is 17.4 Å². The number of nitro groups is 1. The predicted molar refractivity (Wildman–Crippen MR) is 93.8 cm³/mol. The first-order chi connectivity index (χ1) is 12.0. The van der Waals surface area contributed by atoms with E-state index in [1.807, 2.05) is 4.90 Å². The summed E-state index contributed by atoms with van der Waals surface area (Å²) < 4.78 is 14.1. The number of nitro benzene ring substituents is 1. The van der Waals surface area contributed by atoms with Gasteiger partial charge >= 0.3 is 0 Å². The van der Waals surface area contributed by atoms with Crippen LogP contribution in [0.15, 0.2) is 42.5 Å². The molecule has 0 amide bonds. The largest absolute Gasteiger partial charge is 0.369 e. The van der Waals surface area contributed by atoms with Crippen LogP contribution in [0, 0.1) is 21.8 Å². The molecule has 25 heavy (non-hydrogen) atoms. The molecule has 0 unspecified atom stereocenters. The van der Waals surface area contributed by atoms with Crippen LogP contribution in [0.5, 0.6) is 0 Å². The fraction of sp³-hybridized carbons (Fsp3) is 0.278. The Morgan fingerprint density at radius 1 is 1.16 bits per heavy atom. The van der Waals surface area contributed by atoms with Crippen LogP contribution in [0.3, 0.4) is 0 Å². The zero-order valence-corrected chi connectivity index (χ0v) is 14.1. The molecule has 1 saturated heterocycles. The second-order valence-corrected chi connectivity index (χ2v) is 6.46. The average molecular weight is 363 g/mol. The predicted octanol–water partition coefficient (Wildman–Crippen LogP) is 4.49. The van der Waals surface area contributed by atoms with E-state index in [0.717, 1.165) is 6.07 Å². The molecule has 0 saturated carbocycles. The Morgan fingerprint density at radius 2 is 1.80 bits per heavy atom. The number of non-ortho nitro benzene ring substituents is 1. The van der Waals surface area contributed by atoms with Crippen molar-refractivity contribution in [1.82, 2.24) is 0 Å². The lowest BCUT2D eigenvalue weighted by atomic mass is 9.88. The Morgan fingerprint density at radius 3 is 2.36 bits per heavy atom. The summed E-state index contributed by atoms with van der Waals surface area (Å²) >= 11 is 5.84. The summed E-state index contributed by atoms with van der Waals surface area (Å²) in [6.07, 6.45) is 1.22. The van der Waals surface area contributed by atoms with Crippen molar-refractivity contribution in [3.05, 3.63) is 69.0 Å². The van der Waals surface area contributed by atoms with Crippen LogP contribution in [0.4, 0.5) is 15.8 Å². The topological polar surface area (TPSA) is 63.5 Å². The number of halogens is 2. The average Bonchev–Trinajstić information content (AvgIpc) is 2.62. The van der Waals surface area contributed by atoms with Gasteiger partial charge in [-0.05, 0) is 43.2 Å². The number of ketones is 1. The lowest BCUT2D eigenvalue weighted by molar-refractivity contribution is -0.385. The highest BCUT2D eigenvalue weighted by atomic mass is 35.5. The Hall–Kier alpha value is -2.47. The molecule has 3 rings (SSSR count). The molecule has 1 fully saturated rings. The molecule has 0 bridgehead atoms. The maximum absolute atomic E-state index is 14.1. The van der Waals surface area contributed by atoms with Gasteiger partial charge in [-0.15, -0.1) is 0 Å². The summed E-state index contributed by atoms with van der Waals surface area (Å²) in [7, 11) is 0. The van der Waals surface area contributed by atoms with E-state index in [4.69, 9.17) is 11.6 Å². The van der Waals surface area contributed by atoms with Crippen LogP contribution < -0.4 is 4.90 Å². The highest BCUT2D eigenvalue weighted by Gasteiger charge is 2.27. The van der Waals surface area contributed by atoms with Crippen molar-refractivity contribution in [2.45, 2.75) is 12.8 Å². The molecule has 0 aromatic heterocycles. The third-order valence-corrected chi connectivity index (χ3v) is 4.73. The van der Waals surface area contributed by atoms with Crippen molar-refractivity contribution in [1.29, 1.82) is 0 Å². The molecule has 0 spiro atoms. The maximum atomic E-state index is 14.1. The minimum Gasteiger partial charge on any atom is -0.369 e. The van der Waals surface area contributed by atoms with Crippen molar-refractivity contribution in [3.8, 4) is 0 Å². The fourth-order valence-corrected chi connectivity index (χ4v) is 3.22. The Bertz CT molecular complexity index is 802. The number of carbonyl (C=O) groups is 1. The molecule has 0 N–H and O–H groups in total.